The maximum Gasteiger partial charge on any atom is 0.317 e. The number of rotatable bonds is 7. The van der Waals surface area contributed by atoms with Gasteiger partial charge in [0.05, 0.1) is 5.92 Å². The number of hydrogen-bond donors (Lipinski definition) is 2. The second-order valence-electron chi connectivity index (χ2n) is 5.94. The van der Waals surface area contributed by atoms with E-state index in [0.29, 0.717) is 26.1 Å². The second kappa shape index (κ2) is 8.50. The Morgan fingerprint density at radius 1 is 1.22 bits per heavy atom. The molecule has 1 saturated heterocycles. The van der Waals surface area contributed by atoms with Gasteiger partial charge in [-0.05, 0) is 43.4 Å². The SMILES string of the molecule is O=C(O)C1CCN(C(=O)NCCCCCc2ccc(F)cc2)C1. The Kier molecular flexibility index (Phi) is 6.38. The van der Waals surface area contributed by atoms with Gasteiger partial charge in [-0.1, -0.05) is 18.6 Å². The van der Waals surface area contributed by atoms with Crippen molar-refractivity contribution in [3.8, 4) is 0 Å². The van der Waals surface area contributed by atoms with Gasteiger partial charge < -0.3 is 15.3 Å². The van der Waals surface area contributed by atoms with Gasteiger partial charge in [0, 0.05) is 19.6 Å². The van der Waals surface area contributed by atoms with Gasteiger partial charge in [0.1, 0.15) is 5.82 Å². The number of urea groups is 1. The number of amides is 2. The summed E-state index contributed by atoms with van der Waals surface area (Å²) in [6.07, 6.45) is 4.28. The van der Waals surface area contributed by atoms with E-state index in [1.807, 2.05) is 0 Å². The van der Waals surface area contributed by atoms with Gasteiger partial charge in [0.15, 0.2) is 0 Å². The van der Waals surface area contributed by atoms with Crippen LogP contribution in [0.1, 0.15) is 31.2 Å². The van der Waals surface area contributed by atoms with Crippen molar-refractivity contribution in [2.45, 2.75) is 32.1 Å². The molecule has 1 heterocycles. The largest absolute Gasteiger partial charge is 0.481 e. The average Bonchev–Trinajstić information content (AvgIpc) is 3.02. The van der Waals surface area contributed by atoms with Gasteiger partial charge in [-0.25, -0.2) is 9.18 Å². The van der Waals surface area contributed by atoms with Gasteiger partial charge in [-0.2, -0.15) is 0 Å². The lowest BCUT2D eigenvalue weighted by Gasteiger charge is -2.16. The Morgan fingerprint density at radius 2 is 1.96 bits per heavy atom. The average molecular weight is 322 g/mol. The minimum Gasteiger partial charge on any atom is -0.481 e. The van der Waals surface area contributed by atoms with Crippen LogP contribution in [0, 0.1) is 11.7 Å². The number of nitrogens with zero attached hydrogens (tertiary/aromatic N) is 1. The van der Waals surface area contributed by atoms with Crippen LogP contribution in [0.3, 0.4) is 0 Å². The van der Waals surface area contributed by atoms with Crippen LogP contribution in [0.5, 0.6) is 0 Å². The van der Waals surface area contributed by atoms with Crippen molar-refractivity contribution in [1.29, 1.82) is 0 Å². The highest BCUT2D eigenvalue weighted by Gasteiger charge is 2.30. The summed E-state index contributed by atoms with van der Waals surface area (Å²) in [5.41, 5.74) is 1.12. The van der Waals surface area contributed by atoms with Crippen molar-refractivity contribution in [3.63, 3.8) is 0 Å². The molecule has 0 spiro atoms. The number of unbranched alkanes of at least 4 members (excludes halogenated alkanes) is 2. The number of aryl methyl sites for hydroxylation is 1. The molecule has 0 aromatic heterocycles. The van der Waals surface area contributed by atoms with E-state index < -0.39 is 11.9 Å². The lowest BCUT2D eigenvalue weighted by Crippen LogP contribution is -2.39. The summed E-state index contributed by atoms with van der Waals surface area (Å²) in [6.45, 7) is 1.40. The normalized spacial score (nSPS) is 17.3. The summed E-state index contributed by atoms with van der Waals surface area (Å²) in [4.78, 5) is 24.3. The van der Waals surface area contributed by atoms with Crippen molar-refractivity contribution in [1.82, 2.24) is 10.2 Å². The third-order valence-electron chi connectivity index (χ3n) is 4.16. The molecule has 2 N–H and O–H groups in total. The molecule has 1 atom stereocenters. The highest BCUT2D eigenvalue weighted by molar-refractivity contribution is 5.77. The minimum atomic E-state index is -0.832. The third kappa shape index (κ3) is 5.54. The Hall–Kier alpha value is -2.11. The van der Waals surface area contributed by atoms with Crippen molar-refractivity contribution in [2.75, 3.05) is 19.6 Å². The maximum atomic E-state index is 12.8. The van der Waals surface area contributed by atoms with E-state index in [2.05, 4.69) is 5.32 Å². The number of carboxylic acids is 1. The number of carbonyl (C=O) groups is 2. The van der Waals surface area contributed by atoms with Crippen molar-refractivity contribution < 1.29 is 19.1 Å². The Balaban J connectivity index is 1.54. The van der Waals surface area contributed by atoms with Gasteiger partial charge in [-0.15, -0.1) is 0 Å². The van der Waals surface area contributed by atoms with Crippen LogP contribution in [0.25, 0.3) is 0 Å². The van der Waals surface area contributed by atoms with Gasteiger partial charge in [0.25, 0.3) is 0 Å². The number of carboxylic acid groups (broad SMARTS) is 1. The Morgan fingerprint density at radius 3 is 2.61 bits per heavy atom. The smallest absolute Gasteiger partial charge is 0.317 e. The van der Waals surface area contributed by atoms with E-state index in [1.165, 1.54) is 12.1 Å². The maximum absolute atomic E-state index is 12.8. The molecule has 1 aliphatic rings. The van der Waals surface area contributed by atoms with Gasteiger partial charge in [-0.3, -0.25) is 4.79 Å². The molecule has 0 saturated carbocycles. The molecule has 6 heteroatoms. The van der Waals surface area contributed by atoms with E-state index in [9.17, 15) is 14.0 Å². The number of benzene rings is 1. The van der Waals surface area contributed by atoms with Crippen LogP contribution in [0.2, 0.25) is 0 Å². The van der Waals surface area contributed by atoms with E-state index in [4.69, 9.17) is 5.11 Å². The quantitative estimate of drug-likeness (QED) is 0.758. The fourth-order valence-corrected chi connectivity index (χ4v) is 2.74. The first-order valence-corrected chi connectivity index (χ1v) is 8.06. The molecule has 0 radical (unpaired) electrons. The summed E-state index contributed by atoms with van der Waals surface area (Å²) in [5, 5.41) is 11.8. The standard InChI is InChI=1S/C17H23FN2O3/c18-15-7-5-13(6-8-15)4-2-1-3-10-19-17(23)20-11-9-14(12-20)16(21)22/h5-8,14H,1-4,9-12H2,(H,19,23)(H,21,22). The third-order valence-corrected chi connectivity index (χ3v) is 4.16. The first kappa shape index (κ1) is 17.2. The molecule has 2 amide bonds. The summed E-state index contributed by atoms with van der Waals surface area (Å²) in [7, 11) is 0. The van der Waals surface area contributed by atoms with Crippen molar-refractivity contribution >= 4 is 12.0 Å². The number of halogens is 1. The van der Waals surface area contributed by atoms with E-state index in [-0.39, 0.29) is 11.8 Å². The molecule has 1 aromatic rings. The van der Waals surface area contributed by atoms with Crippen LogP contribution in [0.15, 0.2) is 24.3 Å². The first-order chi connectivity index (χ1) is 11.1. The van der Waals surface area contributed by atoms with E-state index >= 15 is 0 Å². The molecule has 126 valence electrons. The van der Waals surface area contributed by atoms with Crippen LogP contribution < -0.4 is 5.32 Å². The topological polar surface area (TPSA) is 69.6 Å². The molecule has 1 unspecified atom stereocenters. The fraction of sp³-hybridized carbons (Fsp3) is 0.529. The number of likely N-dealkylation sites (tertiary alicyclic amines) is 1. The fourth-order valence-electron chi connectivity index (χ4n) is 2.74. The molecular formula is C17H23FN2O3. The first-order valence-electron chi connectivity index (χ1n) is 8.06. The Bertz CT molecular complexity index is 533. The van der Waals surface area contributed by atoms with Crippen LogP contribution in [0.4, 0.5) is 9.18 Å². The molecule has 0 aliphatic carbocycles. The molecule has 0 bridgehead atoms. The molecule has 1 aromatic carbocycles. The molecule has 1 fully saturated rings. The molecule has 23 heavy (non-hydrogen) atoms. The van der Waals surface area contributed by atoms with Crippen molar-refractivity contribution in [3.05, 3.63) is 35.6 Å². The summed E-state index contributed by atoms with van der Waals surface area (Å²) >= 11 is 0. The zero-order chi connectivity index (χ0) is 16.7. The zero-order valence-corrected chi connectivity index (χ0v) is 13.1. The van der Waals surface area contributed by atoms with Gasteiger partial charge >= 0.3 is 12.0 Å². The molecular weight excluding hydrogens is 299 g/mol. The number of hydrogen-bond acceptors (Lipinski definition) is 2. The number of nitrogens with one attached hydrogen (secondary N) is 1. The highest BCUT2D eigenvalue weighted by atomic mass is 19.1. The predicted octanol–water partition coefficient (Wildman–Crippen LogP) is 2.65. The minimum absolute atomic E-state index is 0.174. The van der Waals surface area contributed by atoms with E-state index in [1.54, 1.807) is 17.0 Å². The summed E-state index contributed by atoms with van der Waals surface area (Å²) in [6, 6.07) is 6.35. The number of carbonyl (C=O) groups excluding carboxylic acids is 1. The van der Waals surface area contributed by atoms with Crippen LogP contribution >= 0.6 is 0 Å². The summed E-state index contributed by atoms with van der Waals surface area (Å²) in [5.74, 6) is -1.49. The van der Waals surface area contributed by atoms with Crippen LogP contribution in [-0.2, 0) is 11.2 Å². The lowest BCUT2D eigenvalue weighted by molar-refractivity contribution is -0.141. The monoisotopic (exact) mass is 322 g/mol. The molecule has 1 aliphatic heterocycles. The van der Waals surface area contributed by atoms with Crippen molar-refractivity contribution in [2.24, 2.45) is 5.92 Å². The summed E-state index contributed by atoms with van der Waals surface area (Å²) < 4.78 is 12.8. The second-order valence-corrected chi connectivity index (χ2v) is 5.94. The van der Waals surface area contributed by atoms with E-state index in [0.717, 1.165) is 31.2 Å². The Labute approximate surface area is 135 Å². The number of aliphatic carboxylic acids is 1. The van der Waals surface area contributed by atoms with Crippen LogP contribution in [-0.4, -0.2) is 41.6 Å². The molecule has 2 rings (SSSR count). The highest BCUT2D eigenvalue weighted by Crippen LogP contribution is 2.16. The zero-order valence-electron chi connectivity index (χ0n) is 13.1. The molecule has 5 nitrogen and oxygen atoms in total. The lowest BCUT2D eigenvalue weighted by atomic mass is 10.1. The van der Waals surface area contributed by atoms with Gasteiger partial charge in [0.2, 0.25) is 0 Å². The predicted molar refractivity (Wildman–Crippen MR) is 84.7 cm³/mol.